The number of fused-ring (bicyclic) bond motifs is 15. The van der Waals surface area contributed by atoms with Crippen LogP contribution < -0.4 is 52.0 Å². The quantitative estimate of drug-likeness (QED) is 0.0343. The standard InChI is InChI=1S/C68H72Cl2N8O19/c1-67(2,3)96-65(91)71-22-12-11-15-42(74-66(92)97-68(4,5)6)58(84)72-44-25-33-16-20-47(40(69)23-33)94-49-28-36-29-50(57(49)83)95-48-21-18-35(27-41(48)70)56(82)55-63(89)77-54(64(90)93-7)39-30-37(79)31-46(81)51(39)38-26-34(17-19-45(38)80)52(61(87)78-55)76-62(88)53(36)75-60(86)43(73-59(44)85)24-32-13-9-8-10-14-32/h8-10,13-14,16-21,23,26-31,42-44,52-56,79-83H,11-12,15,22,24-25H2,1-7H3,(H,71,91)(H,72,84)(H,73,85)(H,74,92)(H,75,86)(H,76,88)(H,77,89)(H,78,87)/t42-,43+,44-,52-,53-,54+,55+,56-/m1/s1. The third-order valence-corrected chi connectivity index (χ3v) is 16.1. The second-order valence-corrected chi connectivity index (χ2v) is 26.0. The maximum absolute atomic E-state index is 15.8. The van der Waals surface area contributed by atoms with Crippen molar-refractivity contribution in [3.8, 4) is 57.1 Å². The topological polar surface area (TPSA) is 397 Å². The molecule has 29 heteroatoms. The van der Waals surface area contributed by atoms with Crippen LogP contribution in [-0.2, 0) is 60.6 Å². The number of alkyl carbamates (subject to hydrolysis) is 2. The lowest BCUT2D eigenvalue weighted by atomic mass is 9.89. The third-order valence-electron chi connectivity index (χ3n) is 15.5. The van der Waals surface area contributed by atoms with Crippen LogP contribution in [-0.4, -0.2) is 128 Å². The van der Waals surface area contributed by atoms with Crippen molar-refractivity contribution in [2.75, 3.05) is 13.7 Å². The molecule has 97 heavy (non-hydrogen) atoms. The summed E-state index contributed by atoms with van der Waals surface area (Å²) >= 11 is 13.9. The molecule has 0 aromatic heterocycles. The predicted molar refractivity (Wildman–Crippen MR) is 349 cm³/mol. The van der Waals surface area contributed by atoms with Gasteiger partial charge in [-0.2, -0.15) is 0 Å². The average Bonchev–Trinajstić information content (AvgIpc) is 0.769. The van der Waals surface area contributed by atoms with Crippen molar-refractivity contribution < 1.29 is 92.4 Å². The molecule has 0 unspecified atom stereocenters. The number of halogens is 2. The Morgan fingerprint density at radius 2 is 1.25 bits per heavy atom. The first kappa shape index (κ1) is 70.8. The Bertz CT molecular complexity index is 4070. The number of unbranched alkanes of at least 4 members (excludes halogenated alkanes) is 1. The highest BCUT2D eigenvalue weighted by atomic mass is 35.5. The highest BCUT2D eigenvalue weighted by Gasteiger charge is 2.41. The van der Waals surface area contributed by atoms with Crippen LogP contribution in [0.2, 0.25) is 10.0 Å². The smallest absolute Gasteiger partial charge is 0.408 e. The fraction of sp³-hybridized carbons (Fsp3) is 0.338. The Balaban J connectivity index is 1.18. The zero-order valence-corrected chi connectivity index (χ0v) is 55.0. The summed E-state index contributed by atoms with van der Waals surface area (Å²) < 4.78 is 28.5. The lowest BCUT2D eigenvalue weighted by Gasteiger charge is -2.31. The summed E-state index contributed by atoms with van der Waals surface area (Å²) in [6.45, 7) is 10.1. The number of ether oxygens (including phenoxy) is 5. The van der Waals surface area contributed by atoms with E-state index in [1.54, 1.807) is 71.9 Å². The molecule has 6 aromatic carbocycles. The van der Waals surface area contributed by atoms with E-state index in [1.165, 1.54) is 36.4 Å². The number of hydrogen-bond acceptors (Lipinski definition) is 19. The number of carbonyl (C=O) groups is 9. The molecule has 11 bridgehead atoms. The van der Waals surface area contributed by atoms with Crippen LogP contribution in [0.3, 0.4) is 0 Å². The van der Waals surface area contributed by atoms with Crippen LogP contribution in [0.15, 0.2) is 109 Å². The number of phenolic OH excluding ortho intramolecular Hbond substituents is 4. The number of phenols is 4. The Labute approximate surface area is 565 Å². The van der Waals surface area contributed by atoms with E-state index in [9.17, 15) is 49.5 Å². The Kier molecular flexibility index (Phi) is 21.6. The second kappa shape index (κ2) is 29.6. The van der Waals surface area contributed by atoms with E-state index in [1.807, 2.05) is 0 Å². The van der Waals surface area contributed by atoms with Crippen molar-refractivity contribution in [3.05, 3.63) is 153 Å². The van der Waals surface area contributed by atoms with E-state index >= 15 is 19.2 Å². The van der Waals surface area contributed by atoms with E-state index in [0.717, 1.165) is 49.6 Å². The molecule has 27 nitrogen and oxygen atoms in total. The van der Waals surface area contributed by atoms with Crippen molar-refractivity contribution in [1.29, 1.82) is 0 Å². The molecule has 0 aliphatic carbocycles. The first-order chi connectivity index (χ1) is 45.8. The summed E-state index contributed by atoms with van der Waals surface area (Å²) in [5, 5.41) is 78.9. The molecule has 0 saturated carbocycles. The van der Waals surface area contributed by atoms with Crippen LogP contribution in [0.25, 0.3) is 11.1 Å². The van der Waals surface area contributed by atoms with E-state index in [-0.39, 0.29) is 87.2 Å². The van der Waals surface area contributed by atoms with Gasteiger partial charge < -0.3 is 91.8 Å². The summed E-state index contributed by atoms with van der Waals surface area (Å²) in [6, 6.07) is 11.0. The van der Waals surface area contributed by atoms with Gasteiger partial charge in [-0.15, -0.1) is 0 Å². The van der Waals surface area contributed by atoms with Gasteiger partial charge in [0.15, 0.2) is 17.5 Å². The van der Waals surface area contributed by atoms with Crippen molar-refractivity contribution in [1.82, 2.24) is 42.5 Å². The minimum atomic E-state index is -2.12. The molecule has 6 aromatic rings. The number of amides is 8. The second-order valence-electron chi connectivity index (χ2n) is 25.1. The molecule has 5 aliphatic rings. The van der Waals surface area contributed by atoms with Crippen LogP contribution >= 0.6 is 23.2 Å². The van der Waals surface area contributed by atoms with Crippen molar-refractivity contribution in [3.63, 3.8) is 0 Å². The molecule has 0 radical (unpaired) electrons. The monoisotopic (exact) mass is 1370 g/mol. The Morgan fingerprint density at radius 3 is 1.90 bits per heavy atom. The first-order valence-electron chi connectivity index (χ1n) is 30.6. The van der Waals surface area contributed by atoms with Crippen LogP contribution in [0.4, 0.5) is 9.59 Å². The summed E-state index contributed by atoms with van der Waals surface area (Å²) in [7, 11) is 0.975. The fourth-order valence-corrected chi connectivity index (χ4v) is 11.4. The van der Waals surface area contributed by atoms with Gasteiger partial charge in [0.2, 0.25) is 41.2 Å². The number of methoxy groups -OCH3 is 1. The normalized spacial score (nSPS) is 19.9. The molecule has 11 rings (SSSR count). The van der Waals surface area contributed by atoms with Crippen LogP contribution in [0.1, 0.15) is 118 Å². The molecule has 0 spiro atoms. The van der Waals surface area contributed by atoms with E-state index in [2.05, 4.69) is 42.5 Å². The first-order valence-corrected chi connectivity index (χ1v) is 31.4. The molecule has 8 atom stereocenters. The minimum Gasteiger partial charge on any atom is -0.508 e. The van der Waals surface area contributed by atoms with Gasteiger partial charge in [0.25, 0.3) is 0 Å². The maximum Gasteiger partial charge on any atom is 0.408 e. The third kappa shape index (κ3) is 17.5. The summed E-state index contributed by atoms with van der Waals surface area (Å²) in [6.07, 6.45) is -3.82. The minimum absolute atomic E-state index is 0.0382. The molecule has 0 fully saturated rings. The number of aliphatic hydroxyl groups excluding tert-OH is 1. The van der Waals surface area contributed by atoms with Gasteiger partial charge >= 0.3 is 18.2 Å². The van der Waals surface area contributed by atoms with Gasteiger partial charge in [-0.05, 0) is 143 Å². The summed E-state index contributed by atoms with van der Waals surface area (Å²) in [4.78, 5) is 131. The van der Waals surface area contributed by atoms with Gasteiger partial charge in [0, 0.05) is 42.1 Å². The number of rotatable bonds is 11. The van der Waals surface area contributed by atoms with Crippen molar-refractivity contribution in [2.24, 2.45) is 0 Å². The molecule has 512 valence electrons. The zero-order valence-electron chi connectivity index (χ0n) is 53.5. The van der Waals surface area contributed by atoms with Gasteiger partial charge in [-0.3, -0.25) is 28.8 Å². The lowest BCUT2D eigenvalue weighted by Crippen LogP contribution is -2.58. The number of esters is 1. The number of aliphatic hydroxyl groups is 1. The average molecular weight is 1380 g/mol. The van der Waals surface area contributed by atoms with Crippen molar-refractivity contribution >= 4 is 76.8 Å². The number of nitrogens with one attached hydrogen (secondary N) is 8. The SMILES string of the molecule is COC(=O)[C@H]1NC(=O)[C@H]2NC(=O)[C@H](NC(=O)[C@@H]3NC(=O)[C@H](Cc4ccccc4)NC(=O)[C@H](NC(=O)[C@@H](CCCCNC(=O)OC(C)(C)C)NC(=O)OC(C)(C)C)Cc4ccc(c(Cl)c4)Oc4cc3cc(c4O)Oc3ccc(cc3Cl)[C@H]2O)c2ccc(O)c(c2)-c2c(O)cc(O)cc21. The Morgan fingerprint density at radius 1 is 0.629 bits per heavy atom. The summed E-state index contributed by atoms with van der Waals surface area (Å²) in [5.41, 5.74) is -2.65. The number of benzene rings is 6. The van der Waals surface area contributed by atoms with E-state index in [4.69, 9.17) is 46.9 Å². The van der Waals surface area contributed by atoms with Gasteiger partial charge in [0.05, 0.1) is 17.2 Å². The highest BCUT2D eigenvalue weighted by molar-refractivity contribution is 6.32. The van der Waals surface area contributed by atoms with E-state index in [0.29, 0.717) is 17.5 Å². The van der Waals surface area contributed by atoms with E-state index < -0.39 is 148 Å². The summed E-state index contributed by atoms with van der Waals surface area (Å²) in [5.74, 6) is -11.9. The molecule has 8 amide bonds. The van der Waals surface area contributed by atoms with Gasteiger partial charge in [0.1, 0.15) is 82.3 Å². The highest BCUT2D eigenvalue weighted by Crippen LogP contribution is 2.48. The maximum atomic E-state index is 15.8. The molecule has 5 heterocycles. The number of hydrogen-bond donors (Lipinski definition) is 13. The van der Waals surface area contributed by atoms with Gasteiger partial charge in [-0.25, -0.2) is 14.4 Å². The fourth-order valence-electron chi connectivity index (χ4n) is 10.9. The number of aromatic hydroxyl groups is 4. The van der Waals surface area contributed by atoms with Crippen molar-refractivity contribution in [2.45, 2.75) is 133 Å². The molecule has 13 N–H and O–H groups in total. The Hall–Kier alpha value is -10.5. The lowest BCUT2D eigenvalue weighted by molar-refractivity contribution is -0.146. The molecular weight excluding hydrogens is 1300 g/mol. The molecular formula is C68H72Cl2N8O19. The number of carbonyl (C=O) groups excluding carboxylic acids is 9. The largest absolute Gasteiger partial charge is 0.508 e. The zero-order chi connectivity index (χ0) is 70.4. The van der Waals surface area contributed by atoms with Crippen LogP contribution in [0, 0.1) is 0 Å². The predicted octanol–water partition coefficient (Wildman–Crippen LogP) is 7.31. The molecule has 0 saturated heterocycles. The van der Waals surface area contributed by atoms with Gasteiger partial charge in [-0.1, -0.05) is 71.7 Å². The van der Waals surface area contributed by atoms with Crippen LogP contribution in [0.5, 0.6) is 46.0 Å². The molecule has 5 aliphatic heterocycles.